The topological polar surface area (TPSA) is 90.3 Å². The van der Waals surface area contributed by atoms with E-state index in [1.807, 2.05) is 31.2 Å². The van der Waals surface area contributed by atoms with Gasteiger partial charge in [-0.15, -0.1) is 11.3 Å². The number of nitriles is 1. The number of thiophene rings is 1. The molecule has 1 amide bonds. The lowest BCUT2D eigenvalue weighted by Crippen LogP contribution is -2.36. The number of benzene rings is 2. The number of amides is 1. The van der Waals surface area contributed by atoms with E-state index in [4.69, 9.17) is 11.6 Å². The van der Waals surface area contributed by atoms with Gasteiger partial charge in [-0.25, -0.2) is 8.42 Å². The van der Waals surface area contributed by atoms with E-state index in [-0.39, 0.29) is 22.0 Å². The van der Waals surface area contributed by atoms with Crippen molar-refractivity contribution in [3.8, 4) is 6.07 Å². The zero-order valence-electron chi connectivity index (χ0n) is 17.3. The number of carbonyl (C=O) groups excluding carboxylic acids is 1. The maximum absolute atomic E-state index is 13.3. The minimum atomic E-state index is -3.82. The fourth-order valence-electron chi connectivity index (χ4n) is 3.63. The van der Waals surface area contributed by atoms with Crippen LogP contribution in [-0.4, -0.2) is 25.2 Å². The molecule has 0 atom stereocenters. The van der Waals surface area contributed by atoms with Crippen molar-refractivity contribution in [1.29, 1.82) is 5.26 Å². The van der Waals surface area contributed by atoms with Gasteiger partial charge in [-0.3, -0.25) is 4.79 Å². The summed E-state index contributed by atoms with van der Waals surface area (Å²) in [6, 6.07) is 15.7. The number of fused-ring (bicyclic) bond motifs is 1. The number of anilines is 1. The summed E-state index contributed by atoms with van der Waals surface area (Å²) in [5, 5.41) is 12.6. The van der Waals surface area contributed by atoms with Crippen LogP contribution in [0, 0.1) is 11.3 Å². The summed E-state index contributed by atoms with van der Waals surface area (Å²) >= 11 is 7.55. The number of rotatable bonds is 5. The Hall–Kier alpha value is -2.70. The molecule has 32 heavy (non-hydrogen) atoms. The van der Waals surface area contributed by atoms with E-state index in [1.165, 1.54) is 33.8 Å². The maximum Gasteiger partial charge on any atom is 0.257 e. The van der Waals surface area contributed by atoms with Crippen molar-refractivity contribution in [2.75, 3.05) is 11.9 Å². The van der Waals surface area contributed by atoms with Crippen LogP contribution in [0.4, 0.5) is 5.00 Å². The Morgan fingerprint density at radius 3 is 2.69 bits per heavy atom. The zero-order valence-corrected chi connectivity index (χ0v) is 19.6. The van der Waals surface area contributed by atoms with Gasteiger partial charge in [0.05, 0.1) is 21.0 Å². The first-order valence-electron chi connectivity index (χ1n) is 10.0. The van der Waals surface area contributed by atoms with Gasteiger partial charge in [0, 0.05) is 18.0 Å². The van der Waals surface area contributed by atoms with Crippen LogP contribution < -0.4 is 5.32 Å². The number of carbonyl (C=O) groups is 1. The summed E-state index contributed by atoms with van der Waals surface area (Å²) in [4.78, 5) is 13.9. The van der Waals surface area contributed by atoms with Crippen molar-refractivity contribution < 1.29 is 13.2 Å². The fourth-order valence-corrected chi connectivity index (χ4v) is 6.22. The average molecular weight is 486 g/mol. The second-order valence-electron chi connectivity index (χ2n) is 7.37. The lowest BCUT2D eigenvalue weighted by atomic mass is 10.0. The van der Waals surface area contributed by atoms with Crippen LogP contribution in [0.2, 0.25) is 5.02 Å². The number of aryl methyl sites for hydroxylation is 1. The molecule has 1 aliphatic heterocycles. The van der Waals surface area contributed by atoms with E-state index in [0.717, 1.165) is 22.4 Å². The fraction of sp³-hybridized carbons (Fsp3) is 0.217. The van der Waals surface area contributed by atoms with Crippen LogP contribution in [0.25, 0.3) is 0 Å². The van der Waals surface area contributed by atoms with Gasteiger partial charge in [0.2, 0.25) is 10.0 Å². The maximum atomic E-state index is 13.3. The Morgan fingerprint density at radius 2 is 1.97 bits per heavy atom. The van der Waals surface area contributed by atoms with Crippen LogP contribution in [-0.2, 0) is 29.4 Å². The van der Waals surface area contributed by atoms with Crippen LogP contribution in [0.1, 0.15) is 38.8 Å². The number of halogens is 1. The third-order valence-corrected chi connectivity index (χ3v) is 8.76. The molecule has 1 N–H and O–H groups in total. The highest BCUT2D eigenvalue weighted by Crippen LogP contribution is 2.31. The van der Waals surface area contributed by atoms with Crippen molar-refractivity contribution in [3.63, 3.8) is 0 Å². The summed E-state index contributed by atoms with van der Waals surface area (Å²) in [6.07, 6.45) is 1.37. The minimum absolute atomic E-state index is 0.00682. The standard InChI is InChI=1S/C23H20ClN3O3S2/c1-2-18-11-17(13-25)23(31-18)26-22(28)20-12-19(7-8-21(20)24)32(29,30)27-10-9-15-5-3-4-6-16(15)14-27/h3-8,11-12H,2,9-10,14H2,1H3,(H,26,28). The van der Waals surface area contributed by atoms with E-state index < -0.39 is 15.9 Å². The first-order valence-corrected chi connectivity index (χ1v) is 12.7. The Bertz CT molecular complexity index is 1340. The molecule has 1 aliphatic rings. The quantitative estimate of drug-likeness (QED) is 0.560. The van der Waals surface area contributed by atoms with Crippen molar-refractivity contribution in [3.05, 3.63) is 80.7 Å². The summed E-state index contributed by atoms with van der Waals surface area (Å²) in [5.74, 6) is -0.558. The second kappa shape index (κ2) is 9.04. The zero-order chi connectivity index (χ0) is 22.9. The van der Waals surface area contributed by atoms with E-state index in [0.29, 0.717) is 23.5 Å². The average Bonchev–Trinajstić information content (AvgIpc) is 3.20. The second-order valence-corrected chi connectivity index (χ2v) is 10.9. The van der Waals surface area contributed by atoms with Gasteiger partial charge in [0.25, 0.3) is 5.91 Å². The molecule has 0 saturated heterocycles. The lowest BCUT2D eigenvalue weighted by molar-refractivity contribution is 0.102. The van der Waals surface area contributed by atoms with Crippen LogP contribution >= 0.6 is 22.9 Å². The smallest absolute Gasteiger partial charge is 0.257 e. The highest BCUT2D eigenvalue weighted by Gasteiger charge is 2.29. The van der Waals surface area contributed by atoms with Crippen LogP contribution in [0.3, 0.4) is 0 Å². The number of nitrogens with zero attached hydrogens (tertiary/aromatic N) is 2. The summed E-state index contributed by atoms with van der Waals surface area (Å²) in [7, 11) is -3.82. The summed E-state index contributed by atoms with van der Waals surface area (Å²) in [6.45, 7) is 2.61. The van der Waals surface area contributed by atoms with Crippen LogP contribution in [0.15, 0.2) is 53.4 Å². The molecule has 2 aromatic carbocycles. The molecule has 6 nitrogen and oxygen atoms in total. The Kier molecular flexibility index (Phi) is 6.35. The van der Waals surface area contributed by atoms with Gasteiger partial charge in [0.15, 0.2) is 0 Å². The summed E-state index contributed by atoms with van der Waals surface area (Å²) < 4.78 is 28.0. The molecule has 2 heterocycles. The van der Waals surface area contributed by atoms with Gasteiger partial charge < -0.3 is 5.32 Å². The summed E-state index contributed by atoms with van der Waals surface area (Å²) in [5.41, 5.74) is 2.53. The van der Waals surface area contributed by atoms with Gasteiger partial charge >= 0.3 is 0 Å². The van der Waals surface area contributed by atoms with Gasteiger partial charge in [-0.2, -0.15) is 9.57 Å². The molecule has 0 spiro atoms. The molecule has 1 aromatic heterocycles. The molecule has 0 unspecified atom stereocenters. The predicted octanol–water partition coefficient (Wildman–Crippen LogP) is 4.83. The molecule has 0 bridgehead atoms. The van der Waals surface area contributed by atoms with E-state index >= 15 is 0 Å². The predicted molar refractivity (Wildman–Crippen MR) is 126 cm³/mol. The Balaban J connectivity index is 1.62. The largest absolute Gasteiger partial charge is 0.312 e. The molecule has 0 aliphatic carbocycles. The van der Waals surface area contributed by atoms with E-state index in [1.54, 1.807) is 6.07 Å². The highest BCUT2D eigenvalue weighted by atomic mass is 35.5. The molecule has 4 rings (SSSR count). The van der Waals surface area contributed by atoms with Crippen molar-refractivity contribution >= 4 is 43.9 Å². The van der Waals surface area contributed by atoms with E-state index in [9.17, 15) is 18.5 Å². The van der Waals surface area contributed by atoms with Crippen LogP contribution in [0.5, 0.6) is 0 Å². The van der Waals surface area contributed by atoms with Gasteiger partial charge in [-0.05, 0) is 48.2 Å². The highest BCUT2D eigenvalue weighted by molar-refractivity contribution is 7.89. The number of hydrogen-bond donors (Lipinski definition) is 1. The minimum Gasteiger partial charge on any atom is -0.312 e. The number of sulfonamides is 1. The normalized spacial score (nSPS) is 13.9. The number of nitrogens with one attached hydrogen (secondary N) is 1. The van der Waals surface area contributed by atoms with Crippen molar-refractivity contribution in [2.45, 2.75) is 31.2 Å². The van der Waals surface area contributed by atoms with Crippen molar-refractivity contribution in [2.24, 2.45) is 0 Å². The van der Waals surface area contributed by atoms with Crippen molar-refractivity contribution in [1.82, 2.24) is 4.31 Å². The molecule has 164 valence electrons. The first kappa shape index (κ1) is 22.5. The Labute approximate surface area is 196 Å². The third-order valence-electron chi connectivity index (χ3n) is 5.39. The lowest BCUT2D eigenvalue weighted by Gasteiger charge is -2.28. The first-order chi connectivity index (χ1) is 15.3. The molecule has 0 saturated carbocycles. The Morgan fingerprint density at radius 1 is 1.22 bits per heavy atom. The molecule has 0 radical (unpaired) electrons. The molecular weight excluding hydrogens is 466 g/mol. The van der Waals surface area contributed by atoms with Gasteiger partial charge in [-0.1, -0.05) is 42.8 Å². The van der Waals surface area contributed by atoms with Gasteiger partial charge in [0.1, 0.15) is 11.1 Å². The van der Waals surface area contributed by atoms with E-state index in [2.05, 4.69) is 11.4 Å². The molecule has 0 fully saturated rings. The SMILES string of the molecule is CCc1cc(C#N)c(NC(=O)c2cc(S(=O)(=O)N3CCc4ccccc4C3)ccc2Cl)s1. The number of hydrogen-bond acceptors (Lipinski definition) is 5. The molecule has 3 aromatic rings. The monoisotopic (exact) mass is 485 g/mol. The molecule has 9 heteroatoms. The molecular formula is C23H20ClN3O3S2. The third kappa shape index (κ3) is 4.30.